The fraction of sp³-hybridized carbons (Fsp3) is 0.533. The van der Waals surface area contributed by atoms with Crippen LogP contribution in [0.3, 0.4) is 0 Å². The van der Waals surface area contributed by atoms with Gasteiger partial charge in [-0.15, -0.1) is 0 Å². The number of pyridine rings is 1. The van der Waals surface area contributed by atoms with Gasteiger partial charge in [-0.1, -0.05) is 0 Å². The van der Waals surface area contributed by atoms with Gasteiger partial charge in [0.25, 0.3) is 0 Å². The van der Waals surface area contributed by atoms with Crippen LogP contribution in [0.15, 0.2) is 16.9 Å². The van der Waals surface area contributed by atoms with Crippen LogP contribution in [0, 0.1) is 11.3 Å². The number of hydrogen-bond donors (Lipinski definition) is 2. The number of likely N-dealkylation sites (tertiary alicyclic amines) is 1. The summed E-state index contributed by atoms with van der Waals surface area (Å²) < 4.78 is 0.733. The van der Waals surface area contributed by atoms with E-state index in [4.69, 9.17) is 5.41 Å². The van der Waals surface area contributed by atoms with Crippen molar-refractivity contribution in [2.24, 2.45) is 5.92 Å². The lowest BCUT2D eigenvalue weighted by Gasteiger charge is -2.41. The minimum atomic E-state index is -0.0136. The normalized spacial score (nSPS) is 14.7. The van der Waals surface area contributed by atoms with Crippen molar-refractivity contribution in [2.75, 3.05) is 32.5 Å². The summed E-state index contributed by atoms with van der Waals surface area (Å²) in [6.07, 6.45) is 1.69. The maximum Gasteiger partial charge on any atom is 0.228 e. The average Bonchev–Trinajstić information content (AvgIpc) is 2.35. The number of hydrogen-bond acceptors (Lipinski definition) is 4. The fourth-order valence-corrected chi connectivity index (χ4v) is 2.73. The van der Waals surface area contributed by atoms with Crippen LogP contribution >= 0.6 is 15.9 Å². The molecule has 2 rings (SSSR count). The van der Waals surface area contributed by atoms with E-state index in [2.05, 4.69) is 40.1 Å². The van der Waals surface area contributed by atoms with Crippen LogP contribution in [0.4, 0.5) is 5.69 Å². The number of amidine groups is 1. The van der Waals surface area contributed by atoms with Crippen LogP contribution in [0.2, 0.25) is 0 Å². The molecule has 0 saturated carbocycles. The summed E-state index contributed by atoms with van der Waals surface area (Å²) >= 11 is 3.36. The molecule has 1 aromatic heterocycles. The molecule has 0 unspecified atom stereocenters. The zero-order valence-electron chi connectivity index (χ0n) is 13.4. The van der Waals surface area contributed by atoms with Crippen molar-refractivity contribution in [3.63, 3.8) is 0 Å². The van der Waals surface area contributed by atoms with Crippen molar-refractivity contribution >= 4 is 33.4 Å². The molecule has 0 spiro atoms. The summed E-state index contributed by atoms with van der Waals surface area (Å²) in [6, 6.07) is 2.15. The van der Waals surface area contributed by atoms with Crippen molar-refractivity contribution in [3.8, 4) is 0 Å². The van der Waals surface area contributed by atoms with Crippen LogP contribution in [-0.2, 0) is 4.79 Å². The number of carbonyl (C=O) groups is 1. The molecule has 0 atom stereocenters. The first-order valence-electron chi connectivity index (χ1n) is 7.26. The number of aromatic nitrogens is 1. The van der Waals surface area contributed by atoms with Gasteiger partial charge in [-0.3, -0.25) is 10.2 Å². The number of nitrogens with one attached hydrogen (secondary N) is 2. The number of amides is 1. The first-order valence-corrected chi connectivity index (χ1v) is 8.06. The molecule has 120 valence electrons. The lowest BCUT2D eigenvalue weighted by molar-refractivity contribution is -0.136. The first kappa shape index (κ1) is 16.7. The molecule has 7 heteroatoms. The molecular formula is C15H22BrN5O. The summed E-state index contributed by atoms with van der Waals surface area (Å²) in [5.41, 5.74) is 1.64. The first-order chi connectivity index (χ1) is 10.3. The second-order valence-electron chi connectivity index (χ2n) is 6.03. The van der Waals surface area contributed by atoms with E-state index in [9.17, 15) is 4.79 Å². The zero-order valence-corrected chi connectivity index (χ0v) is 14.9. The molecular weight excluding hydrogens is 346 g/mol. The van der Waals surface area contributed by atoms with Crippen molar-refractivity contribution < 1.29 is 4.79 Å². The van der Waals surface area contributed by atoms with E-state index >= 15 is 0 Å². The molecule has 1 saturated heterocycles. The van der Waals surface area contributed by atoms with Crippen molar-refractivity contribution in [2.45, 2.75) is 19.9 Å². The molecule has 1 fully saturated rings. The van der Waals surface area contributed by atoms with E-state index < -0.39 is 0 Å². The van der Waals surface area contributed by atoms with E-state index in [0.29, 0.717) is 18.9 Å². The molecule has 0 aliphatic carbocycles. The van der Waals surface area contributed by atoms with Gasteiger partial charge in [0.2, 0.25) is 5.91 Å². The highest BCUT2D eigenvalue weighted by Crippen LogP contribution is 2.25. The average molecular weight is 368 g/mol. The fourth-order valence-electron chi connectivity index (χ4n) is 2.40. The Hall–Kier alpha value is -1.63. The molecule has 6 nitrogen and oxygen atoms in total. The molecule has 1 aliphatic heterocycles. The number of halogens is 1. The maximum atomic E-state index is 11.9. The Balaban J connectivity index is 2.10. The summed E-state index contributed by atoms with van der Waals surface area (Å²) in [5.74, 6) is 0.518. The van der Waals surface area contributed by atoms with E-state index in [1.807, 2.05) is 11.0 Å². The molecule has 22 heavy (non-hydrogen) atoms. The van der Waals surface area contributed by atoms with Crippen LogP contribution in [0.5, 0.6) is 0 Å². The van der Waals surface area contributed by atoms with Crippen LogP contribution in [0.1, 0.15) is 19.4 Å². The van der Waals surface area contributed by atoms with Gasteiger partial charge in [0.1, 0.15) is 10.4 Å². The summed E-state index contributed by atoms with van der Waals surface area (Å²) in [5, 5.41) is 11.7. The van der Waals surface area contributed by atoms with Crippen LogP contribution in [-0.4, -0.2) is 59.8 Å². The van der Waals surface area contributed by atoms with Gasteiger partial charge in [-0.25, -0.2) is 4.98 Å². The second-order valence-corrected chi connectivity index (χ2v) is 6.85. The minimum Gasteiger partial charge on any atom is -0.382 e. The number of rotatable bonds is 4. The third kappa shape index (κ3) is 3.58. The Labute approximate surface area is 139 Å². The second kappa shape index (κ2) is 6.64. The van der Waals surface area contributed by atoms with Gasteiger partial charge in [0.05, 0.1) is 11.5 Å². The number of nitrogens with zero attached hydrogens (tertiary/aromatic N) is 3. The molecule has 0 aromatic carbocycles. The highest BCUT2D eigenvalue weighted by atomic mass is 79.9. The topological polar surface area (TPSA) is 72.3 Å². The predicted molar refractivity (Wildman–Crippen MR) is 91.3 cm³/mol. The summed E-state index contributed by atoms with van der Waals surface area (Å²) in [4.78, 5) is 19.6. The summed E-state index contributed by atoms with van der Waals surface area (Å²) in [6.45, 7) is 5.29. The molecule has 1 amide bonds. The lowest BCUT2D eigenvalue weighted by Crippen LogP contribution is -2.55. The number of carbonyl (C=O) groups excluding carboxylic acids is 1. The van der Waals surface area contributed by atoms with Gasteiger partial charge in [-0.05, 0) is 35.8 Å². The molecule has 1 aromatic rings. The van der Waals surface area contributed by atoms with Gasteiger partial charge in [0, 0.05) is 45.1 Å². The van der Waals surface area contributed by atoms with E-state index in [-0.39, 0.29) is 17.9 Å². The molecule has 0 radical (unpaired) electrons. The van der Waals surface area contributed by atoms with Gasteiger partial charge < -0.3 is 15.1 Å². The highest BCUT2D eigenvalue weighted by Gasteiger charge is 2.35. The lowest BCUT2D eigenvalue weighted by atomic mass is 9.97. The van der Waals surface area contributed by atoms with E-state index in [1.54, 1.807) is 25.2 Å². The van der Waals surface area contributed by atoms with Crippen LogP contribution < -0.4 is 5.32 Å². The van der Waals surface area contributed by atoms with Gasteiger partial charge >= 0.3 is 0 Å². The Morgan fingerprint density at radius 1 is 1.50 bits per heavy atom. The number of anilines is 1. The predicted octanol–water partition coefficient (Wildman–Crippen LogP) is 2.01. The van der Waals surface area contributed by atoms with Gasteiger partial charge in [-0.2, -0.15) is 0 Å². The van der Waals surface area contributed by atoms with E-state index in [0.717, 1.165) is 15.9 Å². The Morgan fingerprint density at radius 3 is 2.68 bits per heavy atom. The Morgan fingerprint density at radius 2 is 2.14 bits per heavy atom. The SMILES string of the molecule is CC(C)Nc1cc(Br)ncc1C(=N)N1CC(C(=O)N(C)C)C1. The third-order valence-electron chi connectivity index (χ3n) is 3.56. The van der Waals surface area contributed by atoms with Crippen LogP contribution in [0.25, 0.3) is 0 Å². The zero-order chi connectivity index (χ0) is 16.4. The summed E-state index contributed by atoms with van der Waals surface area (Å²) in [7, 11) is 3.53. The Bertz CT molecular complexity index is 581. The molecule has 1 aliphatic rings. The monoisotopic (exact) mass is 367 g/mol. The quantitative estimate of drug-likeness (QED) is 0.485. The van der Waals surface area contributed by atoms with Crippen molar-refractivity contribution in [1.29, 1.82) is 5.41 Å². The largest absolute Gasteiger partial charge is 0.382 e. The standard InChI is InChI=1S/C15H22BrN5O/c1-9(2)19-12-5-13(16)18-6-11(12)14(17)21-7-10(8-21)15(22)20(3)4/h5-6,9-10,17H,7-8H2,1-4H3,(H,18,19). The van der Waals surface area contributed by atoms with Crippen molar-refractivity contribution in [1.82, 2.24) is 14.8 Å². The molecule has 0 bridgehead atoms. The Kier molecular flexibility index (Phi) is 5.05. The molecule has 2 heterocycles. The molecule has 2 N–H and O–H groups in total. The maximum absolute atomic E-state index is 11.9. The smallest absolute Gasteiger partial charge is 0.228 e. The van der Waals surface area contributed by atoms with Crippen molar-refractivity contribution in [3.05, 3.63) is 22.4 Å². The minimum absolute atomic E-state index is 0.0136. The van der Waals surface area contributed by atoms with E-state index in [1.165, 1.54) is 0 Å². The highest BCUT2D eigenvalue weighted by molar-refractivity contribution is 9.10. The van der Waals surface area contributed by atoms with Gasteiger partial charge in [0.15, 0.2) is 0 Å². The third-order valence-corrected chi connectivity index (χ3v) is 3.99.